The van der Waals surface area contributed by atoms with Crippen LogP contribution in [0.5, 0.6) is 5.75 Å². The second kappa shape index (κ2) is 9.04. The number of nitrogens with one attached hydrogen (secondary N) is 1. The van der Waals surface area contributed by atoms with E-state index in [0.29, 0.717) is 0 Å². The summed E-state index contributed by atoms with van der Waals surface area (Å²) in [5.74, 6) is 0.0582. The zero-order valence-corrected chi connectivity index (χ0v) is 17.4. The molecule has 1 fully saturated rings. The lowest BCUT2D eigenvalue weighted by Gasteiger charge is -2.21. The third-order valence-electron chi connectivity index (χ3n) is 5.69. The molecule has 5 heteroatoms. The third-order valence-corrected chi connectivity index (χ3v) is 5.69. The first-order valence-electron chi connectivity index (χ1n) is 10.3. The second-order valence-electron chi connectivity index (χ2n) is 7.71. The van der Waals surface area contributed by atoms with Crippen LogP contribution in [0.1, 0.15) is 35.6 Å². The zero-order chi connectivity index (χ0) is 21.7. The van der Waals surface area contributed by atoms with Crippen LogP contribution in [0.3, 0.4) is 0 Å². The monoisotopic (exact) mass is 415 g/mol. The average Bonchev–Trinajstić information content (AvgIpc) is 3.64. The highest BCUT2D eigenvalue weighted by molar-refractivity contribution is 5.89. The molecule has 0 aromatic heterocycles. The molecule has 5 nitrogen and oxygen atoms in total. The number of carbonyl (C=O) groups is 2. The molecule has 1 aliphatic carbocycles. The molecular weight excluding hydrogens is 390 g/mol. The van der Waals surface area contributed by atoms with Gasteiger partial charge < -0.3 is 14.8 Å². The topological polar surface area (TPSA) is 64.6 Å². The molecular formula is C26H25NO4. The molecule has 0 radical (unpaired) electrons. The van der Waals surface area contributed by atoms with Crippen LogP contribution in [-0.4, -0.2) is 25.6 Å². The van der Waals surface area contributed by atoms with Crippen molar-refractivity contribution >= 4 is 11.9 Å². The van der Waals surface area contributed by atoms with E-state index in [9.17, 15) is 9.59 Å². The molecule has 3 aromatic rings. The molecule has 158 valence electrons. The number of hydrogen-bond acceptors (Lipinski definition) is 4. The Kier molecular flexibility index (Phi) is 6.03. The summed E-state index contributed by atoms with van der Waals surface area (Å²) < 4.78 is 10.7. The van der Waals surface area contributed by atoms with Crippen molar-refractivity contribution < 1.29 is 19.1 Å². The smallest absolute Gasteiger partial charge is 0.317 e. The van der Waals surface area contributed by atoms with Crippen molar-refractivity contribution in [3.63, 3.8) is 0 Å². The Labute approximate surface area is 182 Å². The van der Waals surface area contributed by atoms with E-state index in [4.69, 9.17) is 9.47 Å². The van der Waals surface area contributed by atoms with Crippen molar-refractivity contribution in [3.05, 3.63) is 102 Å². The van der Waals surface area contributed by atoms with Gasteiger partial charge in [-0.05, 0) is 41.7 Å². The van der Waals surface area contributed by atoms with Crippen molar-refractivity contribution in [2.75, 3.05) is 13.7 Å². The average molecular weight is 415 g/mol. The van der Waals surface area contributed by atoms with Gasteiger partial charge in [0.1, 0.15) is 5.75 Å². The number of ether oxygens (including phenoxy) is 2. The van der Waals surface area contributed by atoms with E-state index in [2.05, 4.69) is 5.32 Å². The maximum Gasteiger partial charge on any atom is 0.317 e. The molecule has 1 N–H and O–H groups in total. The van der Waals surface area contributed by atoms with Gasteiger partial charge in [-0.15, -0.1) is 0 Å². The van der Waals surface area contributed by atoms with Crippen molar-refractivity contribution in [3.8, 4) is 5.75 Å². The SMILES string of the molecule is COc1ccc([C@H](NC(=O)COC(=O)C2(c3ccccc3)CC2)c2ccccc2)cc1. The highest BCUT2D eigenvalue weighted by Gasteiger charge is 2.52. The molecule has 1 atom stereocenters. The minimum atomic E-state index is -0.601. The van der Waals surface area contributed by atoms with Crippen molar-refractivity contribution in [2.45, 2.75) is 24.3 Å². The minimum Gasteiger partial charge on any atom is -0.497 e. The van der Waals surface area contributed by atoms with Crippen LogP contribution >= 0.6 is 0 Å². The molecule has 1 aliphatic rings. The molecule has 0 spiro atoms. The first-order valence-corrected chi connectivity index (χ1v) is 10.3. The standard InChI is InChI=1S/C26H25NO4/c1-30-22-14-12-20(13-15-22)24(19-8-4-2-5-9-19)27-23(28)18-31-25(29)26(16-17-26)21-10-6-3-7-11-21/h2-15,24H,16-18H2,1H3,(H,27,28)/t24-/m1/s1. The second-order valence-corrected chi connectivity index (χ2v) is 7.71. The maximum absolute atomic E-state index is 12.7. The summed E-state index contributed by atoms with van der Waals surface area (Å²) in [5.41, 5.74) is 2.20. The maximum atomic E-state index is 12.7. The number of amides is 1. The summed E-state index contributed by atoms with van der Waals surface area (Å²) in [5, 5.41) is 3.00. The van der Waals surface area contributed by atoms with E-state index in [1.807, 2.05) is 84.9 Å². The first kappa shape index (κ1) is 20.7. The van der Waals surface area contributed by atoms with Gasteiger partial charge in [-0.1, -0.05) is 72.8 Å². The van der Waals surface area contributed by atoms with Gasteiger partial charge in [0.2, 0.25) is 0 Å². The van der Waals surface area contributed by atoms with E-state index in [0.717, 1.165) is 35.3 Å². The van der Waals surface area contributed by atoms with E-state index < -0.39 is 5.41 Å². The molecule has 31 heavy (non-hydrogen) atoms. The normalized spacial score (nSPS) is 14.9. The van der Waals surface area contributed by atoms with Crippen molar-refractivity contribution in [1.82, 2.24) is 5.32 Å². The van der Waals surface area contributed by atoms with Gasteiger partial charge in [-0.3, -0.25) is 9.59 Å². The highest BCUT2D eigenvalue weighted by Crippen LogP contribution is 2.49. The van der Waals surface area contributed by atoms with Gasteiger partial charge in [-0.25, -0.2) is 0 Å². The molecule has 0 bridgehead atoms. The van der Waals surface area contributed by atoms with Crippen LogP contribution in [0.4, 0.5) is 0 Å². The minimum absolute atomic E-state index is 0.313. The molecule has 4 rings (SSSR count). The zero-order valence-electron chi connectivity index (χ0n) is 17.4. The Morgan fingerprint density at radius 2 is 1.45 bits per heavy atom. The van der Waals surface area contributed by atoms with Crippen LogP contribution < -0.4 is 10.1 Å². The van der Waals surface area contributed by atoms with Gasteiger partial charge >= 0.3 is 5.97 Å². The predicted octanol–water partition coefficient (Wildman–Crippen LogP) is 4.18. The van der Waals surface area contributed by atoms with Crippen molar-refractivity contribution in [2.24, 2.45) is 0 Å². The lowest BCUT2D eigenvalue weighted by molar-refractivity contribution is -0.151. The van der Waals surface area contributed by atoms with E-state index in [1.54, 1.807) is 7.11 Å². The molecule has 1 amide bonds. The number of hydrogen-bond donors (Lipinski definition) is 1. The number of rotatable bonds is 8. The molecule has 0 unspecified atom stereocenters. The molecule has 1 saturated carbocycles. The quantitative estimate of drug-likeness (QED) is 0.561. The predicted molar refractivity (Wildman–Crippen MR) is 118 cm³/mol. The highest BCUT2D eigenvalue weighted by atomic mass is 16.5. The third kappa shape index (κ3) is 4.61. The summed E-state index contributed by atoms with van der Waals surface area (Å²) >= 11 is 0. The number of benzene rings is 3. The fourth-order valence-electron chi connectivity index (χ4n) is 3.77. The van der Waals surface area contributed by atoms with Gasteiger partial charge in [0.05, 0.1) is 18.6 Å². The first-order chi connectivity index (χ1) is 15.1. The Balaban J connectivity index is 1.43. The van der Waals surface area contributed by atoms with E-state index in [1.165, 1.54) is 0 Å². The summed E-state index contributed by atoms with van der Waals surface area (Å²) in [4.78, 5) is 25.4. The summed E-state index contributed by atoms with van der Waals surface area (Å²) in [6.07, 6.45) is 1.49. The Morgan fingerprint density at radius 1 is 0.871 bits per heavy atom. The van der Waals surface area contributed by atoms with Crippen LogP contribution in [0.2, 0.25) is 0 Å². The number of methoxy groups -OCH3 is 1. The Morgan fingerprint density at radius 3 is 2.03 bits per heavy atom. The van der Waals surface area contributed by atoms with Gasteiger partial charge in [-0.2, -0.15) is 0 Å². The van der Waals surface area contributed by atoms with Gasteiger partial charge in [0, 0.05) is 0 Å². The largest absolute Gasteiger partial charge is 0.497 e. The molecule has 3 aromatic carbocycles. The summed E-state index contributed by atoms with van der Waals surface area (Å²) in [6, 6.07) is 26.5. The molecule has 0 aliphatic heterocycles. The van der Waals surface area contributed by atoms with Gasteiger partial charge in [0.15, 0.2) is 6.61 Å². The summed E-state index contributed by atoms with van der Waals surface area (Å²) in [6.45, 7) is -0.313. The van der Waals surface area contributed by atoms with Crippen LogP contribution in [0.15, 0.2) is 84.9 Å². The lowest BCUT2D eigenvalue weighted by atomic mass is 9.96. The number of esters is 1. The van der Waals surface area contributed by atoms with Crippen molar-refractivity contribution in [1.29, 1.82) is 0 Å². The van der Waals surface area contributed by atoms with Crippen LogP contribution in [-0.2, 0) is 19.7 Å². The van der Waals surface area contributed by atoms with Crippen LogP contribution in [0, 0.1) is 0 Å². The van der Waals surface area contributed by atoms with E-state index in [-0.39, 0.29) is 24.5 Å². The Hall–Kier alpha value is -3.60. The number of carbonyl (C=O) groups excluding carboxylic acids is 2. The fourth-order valence-corrected chi connectivity index (χ4v) is 3.77. The molecule has 0 saturated heterocycles. The van der Waals surface area contributed by atoms with Gasteiger partial charge in [0.25, 0.3) is 5.91 Å². The van der Waals surface area contributed by atoms with E-state index >= 15 is 0 Å². The fraction of sp³-hybridized carbons (Fsp3) is 0.231. The molecule has 0 heterocycles. The van der Waals surface area contributed by atoms with Crippen LogP contribution in [0.25, 0.3) is 0 Å². The summed E-state index contributed by atoms with van der Waals surface area (Å²) in [7, 11) is 1.61. The Bertz CT molecular complexity index is 1030. The lowest BCUT2D eigenvalue weighted by Crippen LogP contribution is -2.34.